The van der Waals surface area contributed by atoms with Gasteiger partial charge in [0.15, 0.2) is 5.41 Å². The van der Waals surface area contributed by atoms with Gasteiger partial charge in [-0.3, -0.25) is 5.41 Å². The Hall–Kier alpha value is -3.37. The predicted molar refractivity (Wildman–Crippen MR) is 108 cm³/mol. The van der Waals surface area contributed by atoms with Gasteiger partial charge < -0.3 is 9.47 Å². The van der Waals surface area contributed by atoms with Crippen LogP contribution in [0.25, 0.3) is 0 Å². The minimum atomic E-state index is -1.98. The van der Waals surface area contributed by atoms with E-state index in [0.717, 1.165) is 5.56 Å². The lowest BCUT2D eigenvalue weighted by atomic mass is 9.53. The van der Waals surface area contributed by atoms with E-state index in [-0.39, 0.29) is 0 Å². The van der Waals surface area contributed by atoms with Crippen LogP contribution in [0.2, 0.25) is 5.02 Å². The van der Waals surface area contributed by atoms with Gasteiger partial charge in [-0.1, -0.05) is 54.9 Å². The number of aryl methyl sites for hydroxylation is 1. The number of benzene rings is 2. The first-order valence-electron chi connectivity index (χ1n) is 9.34. The van der Waals surface area contributed by atoms with Crippen molar-refractivity contribution in [1.29, 1.82) is 21.2 Å². The number of ether oxygens (including phenoxy) is 2. The Balaban J connectivity index is 2.08. The minimum Gasteiger partial charge on any atom is -0.443 e. The molecule has 0 radical (unpaired) electrons. The molecule has 0 amide bonds. The molecule has 2 aromatic carbocycles. The number of halogens is 1. The number of nitriles is 3. The van der Waals surface area contributed by atoms with E-state index >= 15 is 0 Å². The molecule has 2 heterocycles. The fourth-order valence-electron chi connectivity index (χ4n) is 4.73. The summed E-state index contributed by atoms with van der Waals surface area (Å²) < 4.78 is 12.4. The quantitative estimate of drug-likeness (QED) is 0.757. The van der Waals surface area contributed by atoms with E-state index in [1.165, 1.54) is 0 Å². The highest BCUT2D eigenvalue weighted by Crippen LogP contribution is 2.69. The monoisotopic (exact) mass is 416 g/mol. The first-order valence-corrected chi connectivity index (χ1v) is 9.72. The van der Waals surface area contributed by atoms with Crippen LogP contribution in [0.3, 0.4) is 0 Å². The van der Waals surface area contributed by atoms with Crippen molar-refractivity contribution < 1.29 is 9.47 Å². The summed E-state index contributed by atoms with van der Waals surface area (Å²) in [5.41, 5.74) is -1.90. The SMILES string of the molecule is Cc1ccccc1C1OC2(c3cccc(Cl)c3)OC(=N)C(C#N)(C2C)C1(C#N)C#N. The lowest BCUT2D eigenvalue weighted by Gasteiger charge is -2.49. The summed E-state index contributed by atoms with van der Waals surface area (Å²) in [5, 5.41) is 39.8. The molecule has 2 fully saturated rings. The molecule has 1 N–H and O–H groups in total. The zero-order valence-electron chi connectivity index (χ0n) is 16.3. The van der Waals surface area contributed by atoms with E-state index < -0.39 is 34.5 Å². The second-order valence-electron chi connectivity index (χ2n) is 7.64. The van der Waals surface area contributed by atoms with Gasteiger partial charge in [0, 0.05) is 10.6 Å². The first-order chi connectivity index (χ1) is 14.3. The molecular weight excluding hydrogens is 400 g/mol. The van der Waals surface area contributed by atoms with Crippen molar-refractivity contribution in [3.8, 4) is 18.2 Å². The van der Waals surface area contributed by atoms with Crippen LogP contribution in [0.5, 0.6) is 0 Å². The van der Waals surface area contributed by atoms with Crippen LogP contribution >= 0.6 is 11.6 Å². The second-order valence-corrected chi connectivity index (χ2v) is 8.07. The number of hydrogen-bond donors (Lipinski definition) is 1. The Morgan fingerprint density at radius 2 is 1.73 bits per heavy atom. The molecule has 2 aliphatic heterocycles. The maximum absolute atomic E-state index is 10.3. The topological polar surface area (TPSA) is 114 Å². The van der Waals surface area contributed by atoms with Crippen molar-refractivity contribution in [3.63, 3.8) is 0 Å². The molecule has 0 spiro atoms. The fourth-order valence-corrected chi connectivity index (χ4v) is 4.92. The molecule has 0 aliphatic carbocycles. The van der Waals surface area contributed by atoms with Crippen LogP contribution < -0.4 is 0 Å². The van der Waals surface area contributed by atoms with Gasteiger partial charge in [0.25, 0.3) is 0 Å². The van der Waals surface area contributed by atoms with Crippen LogP contribution in [0.1, 0.15) is 29.7 Å². The summed E-state index contributed by atoms with van der Waals surface area (Å²) in [6.07, 6.45) is -1.12. The summed E-state index contributed by atoms with van der Waals surface area (Å²) in [6, 6.07) is 20.3. The van der Waals surface area contributed by atoms with E-state index in [4.69, 9.17) is 26.5 Å². The third-order valence-electron chi connectivity index (χ3n) is 6.37. The van der Waals surface area contributed by atoms with E-state index in [0.29, 0.717) is 16.1 Å². The van der Waals surface area contributed by atoms with Gasteiger partial charge in [0.1, 0.15) is 6.10 Å². The summed E-state index contributed by atoms with van der Waals surface area (Å²) in [7, 11) is 0. The third kappa shape index (κ3) is 2.17. The molecule has 0 saturated carbocycles. The Morgan fingerprint density at radius 1 is 1.03 bits per heavy atom. The molecule has 0 aromatic heterocycles. The normalized spacial score (nSPS) is 31.1. The number of hydrogen-bond acceptors (Lipinski definition) is 6. The lowest BCUT2D eigenvalue weighted by Crippen LogP contribution is -2.57. The molecule has 30 heavy (non-hydrogen) atoms. The number of nitrogens with one attached hydrogen (secondary N) is 1. The van der Waals surface area contributed by atoms with Gasteiger partial charge in [-0.15, -0.1) is 0 Å². The molecule has 148 valence electrons. The molecule has 2 aromatic rings. The average molecular weight is 417 g/mol. The van der Waals surface area contributed by atoms with Gasteiger partial charge in [-0.25, -0.2) is 0 Å². The first kappa shape index (κ1) is 19.9. The van der Waals surface area contributed by atoms with Gasteiger partial charge in [-0.05, 0) is 30.2 Å². The standard InChI is InChI=1S/C23H17ClN4O2/c1-14-6-3-4-9-18(14)19-21(11-25,12-26)22(13-27)15(2)23(29-19,30-20(22)28)16-7-5-8-17(24)10-16/h3-10,15,19,28H,1-2H3. The fraction of sp³-hybridized carbons (Fsp3) is 0.304. The maximum Gasteiger partial charge on any atom is 0.244 e. The Bertz CT molecular complexity index is 1180. The van der Waals surface area contributed by atoms with Crippen LogP contribution in [-0.4, -0.2) is 5.90 Å². The molecule has 2 aliphatic rings. The Kier molecular flexibility index (Phi) is 4.37. The Labute approximate surface area is 179 Å². The van der Waals surface area contributed by atoms with E-state index in [2.05, 4.69) is 6.07 Å². The van der Waals surface area contributed by atoms with Crippen LogP contribution in [0, 0.1) is 63.1 Å². The minimum absolute atomic E-state index is 0.437. The van der Waals surface area contributed by atoms with Crippen molar-refractivity contribution in [1.82, 2.24) is 0 Å². The zero-order valence-corrected chi connectivity index (χ0v) is 17.1. The second kappa shape index (κ2) is 6.57. The average Bonchev–Trinajstić information content (AvgIpc) is 2.91. The largest absolute Gasteiger partial charge is 0.443 e. The van der Waals surface area contributed by atoms with Crippen LogP contribution in [0.4, 0.5) is 0 Å². The molecule has 2 saturated heterocycles. The lowest BCUT2D eigenvalue weighted by molar-refractivity contribution is -0.288. The molecule has 2 bridgehead atoms. The van der Waals surface area contributed by atoms with Crippen molar-refractivity contribution in [2.75, 3.05) is 0 Å². The van der Waals surface area contributed by atoms with Crippen molar-refractivity contribution >= 4 is 17.5 Å². The third-order valence-corrected chi connectivity index (χ3v) is 6.60. The van der Waals surface area contributed by atoms with E-state index in [1.807, 2.05) is 31.2 Å². The summed E-state index contributed by atoms with van der Waals surface area (Å²) in [6.45, 7) is 3.51. The summed E-state index contributed by atoms with van der Waals surface area (Å²) in [5.74, 6) is -2.81. The van der Waals surface area contributed by atoms with Gasteiger partial charge >= 0.3 is 0 Å². The van der Waals surface area contributed by atoms with E-state index in [9.17, 15) is 15.8 Å². The number of nitrogens with zero attached hydrogens (tertiary/aromatic N) is 3. The highest BCUT2D eigenvalue weighted by atomic mass is 35.5. The highest BCUT2D eigenvalue weighted by Gasteiger charge is 2.79. The zero-order chi connectivity index (χ0) is 21.7. The smallest absolute Gasteiger partial charge is 0.244 e. The van der Waals surface area contributed by atoms with Gasteiger partial charge in [0.05, 0.1) is 24.1 Å². The van der Waals surface area contributed by atoms with Crippen LogP contribution in [-0.2, 0) is 15.3 Å². The van der Waals surface area contributed by atoms with Crippen molar-refractivity contribution in [2.24, 2.45) is 16.7 Å². The number of fused-ring (bicyclic) bond motifs is 2. The molecule has 6 nitrogen and oxygen atoms in total. The summed E-state index contributed by atoms with van der Waals surface area (Å²) >= 11 is 6.20. The molecule has 4 rings (SSSR count). The van der Waals surface area contributed by atoms with Crippen LogP contribution in [0.15, 0.2) is 48.5 Å². The number of rotatable bonds is 2. The predicted octanol–water partition coefficient (Wildman–Crippen LogP) is 4.76. The molecular formula is C23H17ClN4O2. The molecule has 4 atom stereocenters. The Morgan fingerprint density at radius 3 is 2.33 bits per heavy atom. The van der Waals surface area contributed by atoms with Gasteiger partial charge in [0.2, 0.25) is 17.1 Å². The maximum atomic E-state index is 10.3. The van der Waals surface area contributed by atoms with E-state index in [1.54, 1.807) is 43.3 Å². The van der Waals surface area contributed by atoms with Gasteiger partial charge in [-0.2, -0.15) is 15.8 Å². The molecule has 7 heteroatoms. The summed E-state index contributed by atoms with van der Waals surface area (Å²) in [4.78, 5) is 0. The molecule has 4 unspecified atom stereocenters. The highest BCUT2D eigenvalue weighted by molar-refractivity contribution is 6.30. The van der Waals surface area contributed by atoms with Crippen molar-refractivity contribution in [2.45, 2.75) is 25.7 Å². The van der Waals surface area contributed by atoms with Crippen molar-refractivity contribution in [3.05, 3.63) is 70.2 Å².